The van der Waals surface area contributed by atoms with E-state index < -0.39 is 0 Å². The van der Waals surface area contributed by atoms with Crippen molar-refractivity contribution in [3.8, 4) is 0 Å². The van der Waals surface area contributed by atoms with E-state index in [0.717, 1.165) is 61.0 Å². The summed E-state index contributed by atoms with van der Waals surface area (Å²) in [7, 11) is 0. The van der Waals surface area contributed by atoms with Crippen LogP contribution in [0.4, 0.5) is 5.69 Å². The summed E-state index contributed by atoms with van der Waals surface area (Å²) in [5.74, 6) is 0. The van der Waals surface area contributed by atoms with Gasteiger partial charge in [-0.3, -0.25) is 9.88 Å². The highest BCUT2D eigenvalue weighted by Crippen LogP contribution is 2.24. The zero-order valence-corrected chi connectivity index (χ0v) is 12.1. The summed E-state index contributed by atoms with van der Waals surface area (Å²) in [6.07, 6.45) is 1.83. The van der Waals surface area contributed by atoms with E-state index in [4.69, 9.17) is 16.3 Å². The van der Waals surface area contributed by atoms with Gasteiger partial charge < -0.3 is 10.1 Å². The lowest BCUT2D eigenvalue weighted by Crippen LogP contribution is -2.39. The molecule has 1 aromatic heterocycles. The first-order valence-electron chi connectivity index (χ1n) is 6.91. The number of halogens is 1. The Hall–Kier alpha value is -1.36. The molecular formula is C15H18ClN3O. The lowest BCUT2D eigenvalue weighted by Gasteiger charge is -2.26. The van der Waals surface area contributed by atoms with Crippen LogP contribution in [0.5, 0.6) is 0 Å². The van der Waals surface area contributed by atoms with Crippen LogP contribution in [0.2, 0.25) is 5.02 Å². The van der Waals surface area contributed by atoms with E-state index >= 15 is 0 Å². The summed E-state index contributed by atoms with van der Waals surface area (Å²) >= 11 is 6.07. The molecule has 20 heavy (non-hydrogen) atoms. The molecule has 0 spiro atoms. The smallest absolute Gasteiger partial charge is 0.0723 e. The highest BCUT2D eigenvalue weighted by molar-refractivity contribution is 6.31. The van der Waals surface area contributed by atoms with Gasteiger partial charge in [0.25, 0.3) is 0 Å². The third-order valence-corrected chi connectivity index (χ3v) is 3.79. The maximum Gasteiger partial charge on any atom is 0.0723 e. The molecule has 5 heteroatoms. The second kappa shape index (κ2) is 6.39. The van der Waals surface area contributed by atoms with Crippen LogP contribution in [0.15, 0.2) is 30.5 Å². The van der Waals surface area contributed by atoms with Gasteiger partial charge in [0.15, 0.2) is 0 Å². The molecule has 106 valence electrons. The number of morpholine rings is 1. The summed E-state index contributed by atoms with van der Waals surface area (Å²) in [6, 6.07) is 7.78. The Labute approximate surface area is 123 Å². The quantitative estimate of drug-likeness (QED) is 0.940. The fourth-order valence-corrected chi connectivity index (χ4v) is 2.62. The van der Waals surface area contributed by atoms with Crippen molar-refractivity contribution in [1.82, 2.24) is 9.88 Å². The molecule has 0 aliphatic carbocycles. The number of aromatic nitrogens is 1. The van der Waals surface area contributed by atoms with E-state index in [1.54, 1.807) is 0 Å². The lowest BCUT2D eigenvalue weighted by molar-refractivity contribution is 0.0398. The second-order valence-corrected chi connectivity index (χ2v) is 5.34. The van der Waals surface area contributed by atoms with Crippen molar-refractivity contribution < 1.29 is 4.74 Å². The van der Waals surface area contributed by atoms with Crippen molar-refractivity contribution in [2.45, 2.75) is 0 Å². The molecular weight excluding hydrogens is 274 g/mol. The first-order valence-corrected chi connectivity index (χ1v) is 7.29. The maximum atomic E-state index is 6.07. The molecule has 2 aromatic rings. The lowest BCUT2D eigenvalue weighted by atomic mass is 10.2. The minimum absolute atomic E-state index is 0.738. The average molecular weight is 292 g/mol. The zero-order valence-electron chi connectivity index (χ0n) is 11.3. The molecule has 1 N–H and O–H groups in total. The molecule has 1 saturated heterocycles. The number of nitrogens with zero attached hydrogens (tertiary/aromatic N) is 2. The fraction of sp³-hybridized carbons (Fsp3) is 0.400. The standard InChI is InChI=1S/C15H18ClN3O/c16-12-1-2-14-13(11-12)15(3-4-17-14)18-5-6-19-7-9-20-10-8-19/h1-4,11H,5-10H2,(H,17,18). The molecule has 0 saturated carbocycles. The Morgan fingerprint density at radius 2 is 2.10 bits per heavy atom. The van der Waals surface area contributed by atoms with Gasteiger partial charge in [-0.15, -0.1) is 0 Å². The Morgan fingerprint density at radius 3 is 2.95 bits per heavy atom. The Balaban J connectivity index is 1.66. The Kier molecular flexibility index (Phi) is 4.35. The molecule has 0 atom stereocenters. The predicted octanol–water partition coefficient (Wildman–Crippen LogP) is 2.63. The van der Waals surface area contributed by atoms with Crippen LogP contribution >= 0.6 is 11.6 Å². The van der Waals surface area contributed by atoms with Crippen molar-refractivity contribution in [3.05, 3.63) is 35.5 Å². The second-order valence-electron chi connectivity index (χ2n) is 4.90. The third-order valence-electron chi connectivity index (χ3n) is 3.55. The van der Waals surface area contributed by atoms with Gasteiger partial charge in [-0.2, -0.15) is 0 Å². The fourth-order valence-electron chi connectivity index (χ4n) is 2.45. The molecule has 4 nitrogen and oxygen atoms in total. The molecule has 0 amide bonds. The number of hydrogen-bond acceptors (Lipinski definition) is 4. The highest BCUT2D eigenvalue weighted by atomic mass is 35.5. The highest BCUT2D eigenvalue weighted by Gasteiger charge is 2.09. The summed E-state index contributed by atoms with van der Waals surface area (Å²) in [4.78, 5) is 6.76. The largest absolute Gasteiger partial charge is 0.383 e. The number of hydrogen-bond donors (Lipinski definition) is 1. The molecule has 1 aliphatic heterocycles. The van der Waals surface area contributed by atoms with Crippen LogP contribution in [0.25, 0.3) is 10.9 Å². The van der Waals surface area contributed by atoms with Gasteiger partial charge in [0.05, 0.1) is 18.7 Å². The molecule has 0 unspecified atom stereocenters. The molecule has 0 radical (unpaired) electrons. The van der Waals surface area contributed by atoms with Gasteiger partial charge in [-0.05, 0) is 24.3 Å². The molecule has 1 aliphatic rings. The van der Waals surface area contributed by atoms with E-state index in [1.807, 2.05) is 30.5 Å². The predicted molar refractivity (Wildman–Crippen MR) is 82.5 cm³/mol. The van der Waals surface area contributed by atoms with Gasteiger partial charge in [-0.25, -0.2) is 0 Å². The van der Waals surface area contributed by atoms with E-state index in [1.165, 1.54) is 0 Å². The van der Waals surface area contributed by atoms with E-state index in [2.05, 4.69) is 15.2 Å². The zero-order chi connectivity index (χ0) is 13.8. The number of benzene rings is 1. The SMILES string of the molecule is Clc1ccc2nccc(NCCN3CCOCC3)c2c1. The number of fused-ring (bicyclic) bond motifs is 1. The summed E-state index contributed by atoms with van der Waals surface area (Å²) in [5.41, 5.74) is 2.05. The minimum Gasteiger partial charge on any atom is -0.383 e. The topological polar surface area (TPSA) is 37.4 Å². The first-order chi connectivity index (χ1) is 9.83. The maximum absolute atomic E-state index is 6.07. The number of anilines is 1. The summed E-state index contributed by atoms with van der Waals surface area (Å²) in [6.45, 7) is 5.65. The molecule has 2 heterocycles. The van der Waals surface area contributed by atoms with Crippen LogP contribution in [0, 0.1) is 0 Å². The number of ether oxygens (including phenoxy) is 1. The van der Waals surface area contributed by atoms with Gasteiger partial charge in [0.1, 0.15) is 0 Å². The van der Waals surface area contributed by atoms with Crippen molar-refractivity contribution in [3.63, 3.8) is 0 Å². The molecule has 1 fully saturated rings. The number of pyridine rings is 1. The minimum atomic E-state index is 0.738. The van der Waals surface area contributed by atoms with Crippen LogP contribution in [-0.4, -0.2) is 49.3 Å². The molecule has 1 aromatic carbocycles. The first kappa shape index (κ1) is 13.6. The van der Waals surface area contributed by atoms with E-state index in [-0.39, 0.29) is 0 Å². The van der Waals surface area contributed by atoms with Crippen molar-refractivity contribution in [1.29, 1.82) is 0 Å². The van der Waals surface area contributed by atoms with Crippen LogP contribution < -0.4 is 5.32 Å². The monoisotopic (exact) mass is 291 g/mol. The van der Waals surface area contributed by atoms with E-state index in [0.29, 0.717) is 0 Å². The van der Waals surface area contributed by atoms with Crippen LogP contribution in [-0.2, 0) is 4.74 Å². The van der Waals surface area contributed by atoms with Crippen molar-refractivity contribution in [2.24, 2.45) is 0 Å². The Morgan fingerprint density at radius 1 is 1.25 bits per heavy atom. The third kappa shape index (κ3) is 3.20. The molecule has 3 rings (SSSR count). The van der Waals surface area contributed by atoms with E-state index in [9.17, 15) is 0 Å². The Bertz CT molecular complexity index is 584. The van der Waals surface area contributed by atoms with Crippen LogP contribution in [0.1, 0.15) is 0 Å². The number of rotatable bonds is 4. The number of nitrogens with one attached hydrogen (secondary N) is 1. The molecule has 0 bridgehead atoms. The van der Waals surface area contributed by atoms with Gasteiger partial charge >= 0.3 is 0 Å². The average Bonchev–Trinajstić information content (AvgIpc) is 2.49. The van der Waals surface area contributed by atoms with Crippen molar-refractivity contribution >= 4 is 28.2 Å². The summed E-state index contributed by atoms with van der Waals surface area (Å²) in [5, 5.41) is 5.29. The van der Waals surface area contributed by atoms with Gasteiger partial charge in [-0.1, -0.05) is 11.6 Å². The summed E-state index contributed by atoms with van der Waals surface area (Å²) < 4.78 is 5.35. The van der Waals surface area contributed by atoms with Gasteiger partial charge in [0, 0.05) is 48.5 Å². The van der Waals surface area contributed by atoms with Gasteiger partial charge in [0.2, 0.25) is 0 Å². The van der Waals surface area contributed by atoms with Crippen molar-refractivity contribution in [2.75, 3.05) is 44.7 Å². The normalized spacial score (nSPS) is 16.4. The van der Waals surface area contributed by atoms with Crippen LogP contribution in [0.3, 0.4) is 0 Å².